The number of thioether (sulfide) groups is 1. The van der Waals surface area contributed by atoms with Crippen LogP contribution in [-0.2, 0) is 12.8 Å². The number of aromatic nitrogens is 6. The van der Waals surface area contributed by atoms with Crippen LogP contribution in [0.3, 0.4) is 0 Å². The number of hydrogen-bond acceptors (Lipinski definition) is 9. The largest absolute Gasteiger partial charge is 0.493 e. The predicted octanol–water partition coefficient (Wildman–Crippen LogP) is 1.57. The Morgan fingerprint density at radius 3 is 2.74 bits per heavy atom. The van der Waals surface area contributed by atoms with Gasteiger partial charge in [0.25, 0.3) is 0 Å². The number of ether oxygens (including phenoxy) is 2. The third-order valence-electron chi connectivity index (χ3n) is 3.02. The fraction of sp³-hybridized carbons (Fsp3) is 0.308. The van der Waals surface area contributed by atoms with Crippen molar-refractivity contribution in [2.75, 3.05) is 14.2 Å². The summed E-state index contributed by atoms with van der Waals surface area (Å²) in [5.41, 5.74) is 0.781. The third kappa shape index (κ3) is 3.26. The van der Waals surface area contributed by atoms with Crippen molar-refractivity contribution in [2.45, 2.75) is 10.9 Å². The van der Waals surface area contributed by atoms with Crippen molar-refractivity contribution in [3.8, 4) is 22.9 Å². The van der Waals surface area contributed by atoms with Gasteiger partial charge in [-0.2, -0.15) is 4.98 Å². The highest BCUT2D eigenvalue weighted by Gasteiger charge is 2.13. The fourth-order valence-corrected chi connectivity index (χ4v) is 2.56. The second-order valence-electron chi connectivity index (χ2n) is 4.46. The Kier molecular flexibility index (Phi) is 4.42. The van der Waals surface area contributed by atoms with Crippen LogP contribution in [0.25, 0.3) is 11.4 Å². The smallest absolute Gasteiger partial charge is 0.237 e. The van der Waals surface area contributed by atoms with E-state index in [1.54, 1.807) is 38.1 Å². The molecule has 120 valence electrons. The minimum atomic E-state index is 0.481. The van der Waals surface area contributed by atoms with Crippen LogP contribution in [0.2, 0.25) is 0 Å². The van der Waals surface area contributed by atoms with Gasteiger partial charge < -0.3 is 14.0 Å². The molecule has 9 nitrogen and oxygen atoms in total. The Morgan fingerprint density at radius 2 is 2.04 bits per heavy atom. The zero-order valence-corrected chi connectivity index (χ0v) is 13.6. The molecular formula is C13H14N6O3S. The van der Waals surface area contributed by atoms with Gasteiger partial charge in [0, 0.05) is 12.6 Å². The van der Waals surface area contributed by atoms with Crippen molar-refractivity contribution >= 4 is 11.8 Å². The van der Waals surface area contributed by atoms with E-state index in [4.69, 9.17) is 14.0 Å². The van der Waals surface area contributed by atoms with E-state index in [2.05, 4.69) is 25.7 Å². The summed E-state index contributed by atoms with van der Waals surface area (Å²) in [7, 11) is 4.93. The summed E-state index contributed by atoms with van der Waals surface area (Å²) in [6.45, 7) is 0. The second-order valence-corrected chi connectivity index (χ2v) is 5.40. The van der Waals surface area contributed by atoms with Crippen molar-refractivity contribution in [1.29, 1.82) is 0 Å². The van der Waals surface area contributed by atoms with Crippen LogP contribution in [-0.4, -0.2) is 44.6 Å². The molecule has 0 unspecified atom stereocenters. The van der Waals surface area contributed by atoms with Gasteiger partial charge in [-0.3, -0.25) is 0 Å². The molecule has 1 aromatic carbocycles. The molecule has 0 amide bonds. The van der Waals surface area contributed by atoms with Crippen LogP contribution in [0.5, 0.6) is 11.5 Å². The van der Waals surface area contributed by atoms with Crippen LogP contribution in [0.15, 0.2) is 27.9 Å². The van der Waals surface area contributed by atoms with Gasteiger partial charge >= 0.3 is 0 Å². The summed E-state index contributed by atoms with van der Waals surface area (Å²) in [5.74, 6) is 2.70. The van der Waals surface area contributed by atoms with E-state index in [1.165, 1.54) is 11.8 Å². The lowest BCUT2D eigenvalue weighted by atomic mass is 10.2. The first kappa shape index (κ1) is 15.3. The van der Waals surface area contributed by atoms with E-state index in [0.717, 1.165) is 5.56 Å². The number of tetrazole rings is 1. The van der Waals surface area contributed by atoms with Gasteiger partial charge in [0.05, 0.1) is 20.0 Å². The maximum absolute atomic E-state index is 5.27. The molecule has 0 aliphatic carbocycles. The molecule has 0 atom stereocenters. The number of methoxy groups -OCH3 is 2. The lowest BCUT2D eigenvalue weighted by Gasteiger charge is -2.07. The first-order valence-electron chi connectivity index (χ1n) is 6.61. The molecule has 3 aromatic rings. The van der Waals surface area contributed by atoms with Crippen LogP contribution < -0.4 is 9.47 Å². The van der Waals surface area contributed by atoms with Crippen molar-refractivity contribution < 1.29 is 14.0 Å². The molecule has 3 rings (SSSR count). The molecule has 10 heteroatoms. The molecule has 0 saturated heterocycles. The average Bonchev–Trinajstić information content (AvgIpc) is 3.21. The van der Waals surface area contributed by atoms with Crippen molar-refractivity contribution in [1.82, 2.24) is 30.3 Å². The lowest BCUT2D eigenvalue weighted by molar-refractivity contribution is 0.355. The predicted molar refractivity (Wildman–Crippen MR) is 81.2 cm³/mol. The molecule has 0 aliphatic rings. The SMILES string of the molecule is COc1ccc(-c2noc(CSc3nnnn3C)n2)cc1OC. The van der Waals surface area contributed by atoms with Gasteiger partial charge in [-0.05, 0) is 28.6 Å². The number of benzene rings is 1. The van der Waals surface area contributed by atoms with Gasteiger partial charge in [0.1, 0.15) is 0 Å². The summed E-state index contributed by atoms with van der Waals surface area (Å²) < 4.78 is 17.3. The summed E-state index contributed by atoms with van der Waals surface area (Å²) in [5, 5.41) is 15.9. The molecule has 0 radical (unpaired) electrons. The molecule has 0 saturated carbocycles. The molecular weight excluding hydrogens is 320 g/mol. The maximum atomic E-state index is 5.27. The minimum Gasteiger partial charge on any atom is -0.493 e. The van der Waals surface area contributed by atoms with Crippen molar-refractivity contribution in [3.05, 3.63) is 24.1 Å². The van der Waals surface area contributed by atoms with Gasteiger partial charge in [0.15, 0.2) is 11.5 Å². The third-order valence-corrected chi connectivity index (χ3v) is 4.01. The fourth-order valence-electron chi connectivity index (χ4n) is 1.88. The van der Waals surface area contributed by atoms with E-state index in [1.807, 2.05) is 6.07 Å². The minimum absolute atomic E-state index is 0.481. The van der Waals surface area contributed by atoms with Crippen molar-refractivity contribution in [2.24, 2.45) is 7.05 Å². The Bertz CT molecular complexity index is 803. The van der Waals surface area contributed by atoms with Crippen molar-refractivity contribution in [3.63, 3.8) is 0 Å². The Hall–Kier alpha value is -2.62. The lowest BCUT2D eigenvalue weighted by Crippen LogP contribution is -1.93. The summed E-state index contributed by atoms with van der Waals surface area (Å²) in [4.78, 5) is 4.37. The van der Waals surface area contributed by atoms with Crippen LogP contribution in [0, 0.1) is 0 Å². The number of hydrogen-bond donors (Lipinski definition) is 0. The summed E-state index contributed by atoms with van der Waals surface area (Å²) in [6.07, 6.45) is 0. The maximum Gasteiger partial charge on any atom is 0.237 e. The molecule has 2 heterocycles. The van der Waals surface area contributed by atoms with Gasteiger partial charge in [0.2, 0.25) is 16.9 Å². The van der Waals surface area contributed by atoms with Crippen LogP contribution in [0.4, 0.5) is 0 Å². The topological polar surface area (TPSA) is 101 Å². The first-order valence-corrected chi connectivity index (χ1v) is 7.60. The molecule has 0 aliphatic heterocycles. The first-order chi connectivity index (χ1) is 11.2. The normalized spacial score (nSPS) is 10.7. The highest BCUT2D eigenvalue weighted by atomic mass is 32.2. The quantitative estimate of drug-likeness (QED) is 0.621. The van der Waals surface area contributed by atoms with Crippen LogP contribution in [0.1, 0.15) is 5.89 Å². The molecule has 23 heavy (non-hydrogen) atoms. The zero-order valence-electron chi connectivity index (χ0n) is 12.8. The molecule has 0 bridgehead atoms. The monoisotopic (exact) mass is 334 g/mol. The molecule has 2 aromatic heterocycles. The Balaban J connectivity index is 1.75. The van der Waals surface area contributed by atoms with E-state index < -0.39 is 0 Å². The number of rotatable bonds is 6. The van der Waals surface area contributed by atoms with Crippen LogP contribution >= 0.6 is 11.8 Å². The van der Waals surface area contributed by atoms with E-state index >= 15 is 0 Å². The van der Waals surface area contributed by atoms with E-state index in [9.17, 15) is 0 Å². The van der Waals surface area contributed by atoms with Gasteiger partial charge in [-0.15, -0.1) is 5.10 Å². The summed E-state index contributed by atoms with van der Waals surface area (Å²) in [6, 6.07) is 5.44. The molecule has 0 fully saturated rings. The number of aryl methyl sites for hydroxylation is 1. The Labute approximate surface area is 136 Å². The molecule has 0 spiro atoms. The zero-order chi connectivity index (χ0) is 16.2. The highest BCUT2D eigenvalue weighted by Crippen LogP contribution is 2.31. The molecule has 0 N–H and O–H groups in total. The van der Waals surface area contributed by atoms with Gasteiger partial charge in [-0.1, -0.05) is 16.9 Å². The number of nitrogens with zero attached hydrogens (tertiary/aromatic N) is 6. The highest BCUT2D eigenvalue weighted by molar-refractivity contribution is 7.98. The standard InChI is InChI=1S/C13H14N6O3S/c1-19-13(15-17-18-19)23-7-11-14-12(16-22-11)8-4-5-9(20-2)10(6-8)21-3/h4-6H,7H2,1-3H3. The van der Waals surface area contributed by atoms with Gasteiger partial charge in [-0.25, -0.2) is 4.68 Å². The summed E-state index contributed by atoms with van der Waals surface area (Å²) >= 11 is 1.41. The average molecular weight is 334 g/mol. The second kappa shape index (κ2) is 6.65. The van der Waals surface area contributed by atoms with E-state index in [-0.39, 0.29) is 0 Å². The van der Waals surface area contributed by atoms with E-state index in [0.29, 0.717) is 34.1 Å². The Morgan fingerprint density at radius 1 is 1.22 bits per heavy atom.